The molecule has 0 heterocycles. The van der Waals surface area contributed by atoms with Crippen LogP contribution in [-0.4, -0.2) is 17.9 Å². The second-order valence-corrected chi connectivity index (χ2v) is 5.11. The number of azo groups is 1. The summed E-state index contributed by atoms with van der Waals surface area (Å²) in [5, 5.41) is 19.2. The van der Waals surface area contributed by atoms with Gasteiger partial charge in [0.1, 0.15) is 0 Å². The van der Waals surface area contributed by atoms with Gasteiger partial charge in [0, 0.05) is 7.05 Å². The third-order valence-electron chi connectivity index (χ3n) is 3.13. The van der Waals surface area contributed by atoms with E-state index in [1.807, 2.05) is 74.5 Å². The van der Waals surface area contributed by atoms with Crippen LogP contribution in [0.4, 0.5) is 0 Å². The quantitative estimate of drug-likeness (QED) is 0.380. The monoisotopic (exact) mass is 317 g/mol. The summed E-state index contributed by atoms with van der Waals surface area (Å²) in [6.07, 6.45) is 0. The van der Waals surface area contributed by atoms with Crippen LogP contribution >= 0.6 is 0 Å². The van der Waals surface area contributed by atoms with E-state index in [1.165, 1.54) is 0 Å². The average molecular weight is 317 g/mol. The summed E-state index contributed by atoms with van der Waals surface area (Å²) in [7, 11) is 1.54. The van der Waals surface area contributed by atoms with Crippen LogP contribution in [0.5, 0.6) is 0 Å². The number of nitrogens with zero attached hydrogens (tertiary/aromatic N) is 3. The molecule has 0 aromatic heterocycles. The van der Waals surface area contributed by atoms with E-state index in [-0.39, 0.29) is 29.6 Å². The number of benzene rings is 2. The van der Waals surface area contributed by atoms with E-state index in [9.17, 15) is 5.11 Å². The second kappa shape index (κ2) is 8.99. The fraction of sp³-hybridized carbons (Fsp3) is 0.222. The van der Waals surface area contributed by atoms with Gasteiger partial charge in [-0.2, -0.15) is 10.2 Å². The van der Waals surface area contributed by atoms with Gasteiger partial charge in [0.25, 0.3) is 0 Å². The summed E-state index contributed by atoms with van der Waals surface area (Å²) >= 11 is 0. The summed E-state index contributed by atoms with van der Waals surface area (Å²) in [6, 6.07) is 19.6. The Labute approximate surface area is 159 Å². The van der Waals surface area contributed by atoms with Gasteiger partial charge in [-0.1, -0.05) is 80.1 Å². The second-order valence-electron chi connectivity index (χ2n) is 5.11. The van der Waals surface area contributed by atoms with Crippen molar-refractivity contribution in [3.8, 4) is 0 Å². The molecular formula is C18H20N3NaO. The number of hydrogen-bond donors (Lipinski definition) is 1. The minimum Gasteiger partial charge on any atom is -0.442 e. The van der Waals surface area contributed by atoms with Crippen molar-refractivity contribution in [2.75, 3.05) is 7.05 Å². The van der Waals surface area contributed by atoms with Crippen molar-refractivity contribution in [1.82, 2.24) is 0 Å². The molecule has 0 fully saturated rings. The summed E-state index contributed by atoms with van der Waals surface area (Å²) < 4.78 is 0. The number of aliphatic hydroxyl groups is 1. The Morgan fingerprint density at radius 3 is 1.96 bits per heavy atom. The molecule has 0 aliphatic carbocycles. The first-order valence-corrected chi connectivity index (χ1v) is 7.11. The Kier molecular flexibility index (Phi) is 7.65. The molecule has 0 spiro atoms. The molecule has 1 N–H and O–H groups in total. The Morgan fingerprint density at radius 1 is 0.957 bits per heavy atom. The van der Waals surface area contributed by atoms with Gasteiger partial charge >= 0.3 is 29.6 Å². The van der Waals surface area contributed by atoms with Crippen LogP contribution in [0.15, 0.2) is 75.9 Å². The smallest absolute Gasteiger partial charge is 0.442 e. The number of hydrogen-bond acceptors (Lipinski definition) is 4. The average Bonchev–Trinajstić information content (AvgIpc) is 2.54. The SMILES string of the molecule is CN=NC(O)(C(=N[C-](C)C)c1ccccc1)c1ccccc1.[Na+]. The van der Waals surface area contributed by atoms with Crippen LogP contribution in [0.1, 0.15) is 25.0 Å². The van der Waals surface area contributed by atoms with Crippen molar-refractivity contribution in [3.05, 3.63) is 77.8 Å². The fourth-order valence-electron chi connectivity index (χ4n) is 2.22. The van der Waals surface area contributed by atoms with E-state index in [0.717, 1.165) is 11.6 Å². The summed E-state index contributed by atoms with van der Waals surface area (Å²) in [5.74, 6) is 0. The first-order chi connectivity index (χ1) is 10.6. The maximum Gasteiger partial charge on any atom is 1.00 e. The van der Waals surface area contributed by atoms with E-state index >= 15 is 0 Å². The first-order valence-electron chi connectivity index (χ1n) is 7.11. The van der Waals surface area contributed by atoms with Crippen molar-refractivity contribution < 1.29 is 34.7 Å². The van der Waals surface area contributed by atoms with E-state index in [4.69, 9.17) is 0 Å². The van der Waals surface area contributed by atoms with Crippen LogP contribution in [-0.2, 0) is 5.72 Å². The molecule has 0 amide bonds. The first kappa shape index (κ1) is 19.6. The molecule has 2 aromatic carbocycles. The van der Waals surface area contributed by atoms with Crippen molar-refractivity contribution in [3.63, 3.8) is 0 Å². The Morgan fingerprint density at radius 2 is 1.48 bits per heavy atom. The Hall–Kier alpha value is -1.46. The van der Waals surface area contributed by atoms with Crippen molar-refractivity contribution in [2.24, 2.45) is 15.2 Å². The fourth-order valence-corrected chi connectivity index (χ4v) is 2.22. The van der Waals surface area contributed by atoms with Gasteiger partial charge in [0.05, 0.1) is 0 Å². The molecule has 114 valence electrons. The molecule has 23 heavy (non-hydrogen) atoms. The van der Waals surface area contributed by atoms with Crippen molar-refractivity contribution in [1.29, 1.82) is 0 Å². The van der Waals surface area contributed by atoms with Crippen LogP contribution < -0.4 is 29.6 Å². The Balaban J connectivity index is 0.00000264. The van der Waals surface area contributed by atoms with Crippen LogP contribution in [0.25, 0.3) is 0 Å². The van der Waals surface area contributed by atoms with Gasteiger partial charge < -0.3 is 10.1 Å². The van der Waals surface area contributed by atoms with Crippen LogP contribution in [0, 0.1) is 6.04 Å². The van der Waals surface area contributed by atoms with Crippen LogP contribution in [0.2, 0.25) is 0 Å². The standard InChI is InChI=1S/C18H20N3O.Na/c1-14(2)20-17(15-10-6-4-7-11-15)18(22,21-19-3)16-12-8-5-9-13-16;/h4-13,22H,1-3H3;/q-1;+1. The van der Waals surface area contributed by atoms with Crippen molar-refractivity contribution in [2.45, 2.75) is 19.6 Å². The molecule has 0 aliphatic rings. The summed E-state index contributed by atoms with van der Waals surface area (Å²) in [5.41, 5.74) is 0.283. The largest absolute Gasteiger partial charge is 1.00 e. The third kappa shape index (κ3) is 4.75. The molecule has 0 aliphatic heterocycles. The van der Waals surface area contributed by atoms with Gasteiger partial charge in [-0.15, -0.1) is 6.04 Å². The predicted octanol–water partition coefficient (Wildman–Crippen LogP) is 0.979. The molecule has 2 rings (SSSR count). The molecule has 0 saturated heterocycles. The van der Waals surface area contributed by atoms with Crippen molar-refractivity contribution >= 4 is 5.71 Å². The topological polar surface area (TPSA) is 57.3 Å². The number of aliphatic imine (C=N–C) groups is 1. The minimum absolute atomic E-state index is 0. The van der Waals surface area contributed by atoms with E-state index in [2.05, 4.69) is 15.2 Å². The van der Waals surface area contributed by atoms with Gasteiger partial charge in [-0.3, -0.25) is 0 Å². The molecular weight excluding hydrogens is 297 g/mol. The van der Waals surface area contributed by atoms with Crippen LogP contribution in [0.3, 0.4) is 0 Å². The van der Waals surface area contributed by atoms with Gasteiger partial charge in [0.15, 0.2) is 5.72 Å². The molecule has 2 aromatic rings. The van der Waals surface area contributed by atoms with E-state index in [0.29, 0.717) is 11.3 Å². The normalized spacial score (nSPS) is 14.2. The molecule has 1 atom stereocenters. The molecule has 4 nitrogen and oxygen atoms in total. The molecule has 5 heteroatoms. The van der Waals surface area contributed by atoms with E-state index < -0.39 is 5.72 Å². The Bertz CT molecular complexity index is 656. The summed E-state index contributed by atoms with van der Waals surface area (Å²) in [6.45, 7) is 3.77. The molecule has 0 saturated carbocycles. The van der Waals surface area contributed by atoms with Gasteiger partial charge in [0.2, 0.25) is 0 Å². The number of rotatable bonds is 5. The zero-order valence-corrected chi connectivity index (χ0v) is 16.1. The predicted molar refractivity (Wildman–Crippen MR) is 88.7 cm³/mol. The maximum atomic E-state index is 11.2. The third-order valence-corrected chi connectivity index (χ3v) is 3.13. The molecule has 1 unspecified atom stereocenters. The summed E-state index contributed by atoms with van der Waals surface area (Å²) in [4.78, 5) is 4.54. The zero-order valence-electron chi connectivity index (χ0n) is 14.1. The zero-order chi connectivity index (χ0) is 16.0. The van der Waals surface area contributed by atoms with E-state index in [1.54, 1.807) is 7.05 Å². The molecule has 0 bridgehead atoms. The molecule has 0 radical (unpaired) electrons. The van der Waals surface area contributed by atoms with Gasteiger partial charge in [-0.05, 0) is 11.3 Å². The minimum atomic E-state index is -1.62. The van der Waals surface area contributed by atoms with Gasteiger partial charge in [-0.25, -0.2) is 0 Å². The maximum absolute atomic E-state index is 11.2.